The molecule has 0 saturated heterocycles. The van der Waals surface area contributed by atoms with Gasteiger partial charge in [-0.2, -0.15) is 0 Å². The van der Waals surface area contributed by atoms with Crippen LogP contribution in [0.2, 0.25) is 0 Å². The van der Waals surface area contributed by atoms with Crippen molar-refractivity contribution in [3.05, 3.63) is 23.7 Å². The Kier molecular flexibility index (Phi) is 6.15. The molecule has 0 amide bonds. The molecule has 3 aliphatic rings. The topological polar surface area (TPSA) is 109 Å². The maximum absolute atomic E-state index is 13.6. The first-order valence-electron chi connectivity index (χ1n) is 12.0. The minimum absolute atomic E-state index is 0.00704. The van der Waals surface area contributed by atoms with E-state index in [-0.39, 0.29) is 43.2 Å². The fourth-order valence-electron chi connectivity index (χ4n) is 7.59. The molecule has 0 radical (unpaired) electrons. The second-order valence-electron chi connectivity index (χ2n) is 10.9. The fourth-order valence-corrected chi connectivity index (χ4v) is 7.59. The third-order valence-corrected chi connectivity index (χ3v) is 8.76. The Labute approximate surface area is 199 Å². The van der Waals surface area contributed by atoms with Crippen molar-refractivity contribution < 1.29 is 37.8 Å². The smallest absolute Gasteiger partial charge is 0.303 e. The average Bonchev–Trinajstić information content (AvgIpc) is 3.23. The van der Waals surface area contributed by atoms with Gasteiger partial charge in [-0.05, 0) is 48.5 Å². The van der Waals surface area contributed by atoms with Gasteiger partial charge in [0.05, 0.1) is 12.5 Å². The number of hydrogen-bond acceptors (Lipinski definition) is 8. The molecular formula is C26H34O8. The Bertz CT molecular complexity index is 1010. The summed E-state index contributed by atoms with van der Waals surface area (Å²) in [4.78, 5) is 49.1. The third-order valence-electron chi connectivity index (χ3n) is 8.76. The molecule has 1 heterocycles. The van der Waals surface area contributed by atoms with Crippen molar-refractivity contribution in [1.29, 1.82) is 0 Å². The van der Waals surface area contributed by atoms with Crippen LogP contribution >= 0.6 is 0 Å². The van der Waals surface area contributed by atoms with Crippen LogP contribution < -0.4 is 0 Å². The summed E-state index contributed by atoms with van der Waals surface area (Å²) in [5.41, 5.74) is 0.366. The number of carbonyl (C=O) groups excluding carboxylic acids is 4. The summed E-state index contributed by atoms with van der Waals surface area (Å²) < 4.78 is 22.2. The van der Waals surface area contributed by atoms with Crippen molar-refractivity contribution in [3.8, 4) is 0 Å². The van der Waals surface area contributed by atoms with E-state index in [2.05, 4.69) is 6.92 Å². The Balaban J connectivity index is 1.80. The molecular weight excluding hydrogens is 440 g/mol. The number of ketones is 1. The van der Waals surface area contributed by atoms with Crippen LogP contribution in [0.5, 0.6) is 0 Å². The minimum Gasteiger partial charge on any atom is -0.472 e. The number of furan rings is 1. The van der Waals surface area contributed by atoms with Crippen molar-refractivity contribution in [1.82, 2.24) is 0 Å². The number of hydrogen-bond donors (Lipinski definition) is 0. The largest absolute Gasteiger partial charge is 0.472 e. The average molecular weight is 475 g/mol. The number of rotatable bonds is 5. The fraction of sp³-hybridized carbons (Fsp3) is 0.692. The molecule has 0 unspecified atom stereocenters. The lowest BCUT2D eigenvalue weighted by atomic mass is 9.39. The van der Waals surface area contributed by atoms with Gasteiger partial charge < -0.3 is 18.6 Å². The predicted molar refractivity (Wildman–Crippen MR) is 120 cm³/mol. The SMILES string of the molecule is CC(=O)OC[C@@]12CC[C@@H]3[C@](C)(CC(=O)[C@@H](OC(C)=O)[C@]3(C)COC(C)=O)[C@H]1CCc1cocc12. The van der Waals surface area contributed by atoms with E-state index in [1.165, 1.54) is 20.8 Å². The second-order valence-corrected chi connectivity index (χ2v) is 10.9. The Hall–Kier alpha value is -2.64. The van der Waals surface area contributed by atoms with Gasteiger partial charge in [0.25, 0.3) is 0 Å². The summed E-state index contributed by atoms with van der Waals surface area (Å²) in [6.45, 7) is 8.28. The molecule has 0 N–H and O–H groups in total. The minimum atomic E-state index is -0.975. The number of ether oxygens (including phenoxy) is 3. The monoisotopic (exact) mass is 474 g/mol. The molecule has 0 aliphatic heterocycles. The van der Waals surface area contributed by atoms with Gasteiger partial charge in [-0.15, -0.1) is 0 Å². The first-order valence-corrected chi connectivity index (χ1v) is 12.0. The summed E-state index contributed by atoms with van der Waals surface area (Å²) in [5.74, 6) is -1.50. The zero-order chi connectivity index (χ0) is 24.9. The number of carbonyl (C=O) groups is 4. The molecule has 2 fully saturated rings. The third kappa shape index (κ3) is 3.75. The molecule has 34 heavy (non-hydrogen) atoms. The Morgan fingerprint density at radius 2 is 1.65 bits per heavy atom. The molecule has 186 valence electrons. The van der Waals surface area contributed by atoms with Crippen molar-refractivity contribution in [2.75, 3.05) is 13.2 Å². The molecule has 4 rings (SSSR count). The first kappa shape index (κ1) is 24.5. The Morgan fingerprint density at radius 1 is 0.971 bits per heavy atom. The van der Waals surface area contributed by atoms with E-state index in [0.29, 0.717) is 12.8 Å². The van der Waals surface area contributed by atoms with Gasteiger partial charge in [-0.25, -0.2) is 0 Å². The molecule has 8 heteroatoms. The molecule has 2 saturated carbocycles. The maximum Gasteiger partial charge on any atom is 0.303 e. The lowest BCUT2D eigenvalue weighted by molar-refractivity contribution is -0.207. The van der Waals surface area contributed by atoms with Crippen LogP contribution in [0.3, 0.4) is 0 Å². The van der Waals surface area contributed by atoms with E-state index in [4.69, 9.17) is 18.6 Å². The highest BCUT2D eigenvalue weighted by molar-refractivity contribution is 5.88. The molecule has 1 aromatic heterocycles. The first-order chi connectivity index (χ1) is 15.9. The predicted octanol–water partition coefficient (Wildman–Crippen LogP) is 3.53. The van der Waals surface area contributed by atoms with Gasteiger partial charge in [-0.3, -0.25) is 19.2 Å². The molecule has 8 nitrogen and oxygen atoms in total. The van der Waals surface area contributed by atoms with E-state index in [0.717, 1.165) is 24.0 Å². The van der Waals surface area contributed by atoms with E-state index >= 15 is 0 Å². The summed E-state index contributed by atoms with van der Waals surface area (Å²) in [5, 5.41) is 0. The van der Waals surface area contributed by atoms with E-state index in [9.17, 15) is 19.2 Å². The van der Waals surface area contributed by atoms with Crippen molar-refractivity contribution >= 4 is 23.7 Å². The number of Topliss-reactive ketones (excluding diaryl/α,β-unsaturated/α-hetero) is 1. The quantitative estimate of drug-likeness (QED) is 0.471. The number of aryl methyl sites for hydroxylation is 1. The van der Waals surface area contributed by atoms with Crippen molar-refractivity contribution in [2.45, 2.75) is 78.2 Å². The van der Waals surface area contributed by atoms with Crippen molar-refractivity contribution in [2.24, 2.45) is 22.7 Å². The van der Waals surface area contributed by atoms with Crippen LogP contribution in [0.15, 0.2) is 16.9 Å². The standard InChI is InChI=1S/C26H34O8/c1-15(27)32-13-25(5)21-8-9-26(14-33-16(2)28)19-12-31-11-18(19)6-7-22(26)24(21,4)10-20(30)23(25)34-17(3)29/h11-12,21-23H,6-10,13-14H2,1-5H3/t21-,22-,23-,24+,25-,26-/m1/s1. The normalized spacial score (nSPS) is 36.5. The Morgan fingerprint density at radius 3 is 2.29 bits per heavy atom. The molecule has 0 spiro atoms. The second kappa shape index (κ2) is 8.54. The summed E-state index contributed by atoms with van der Waals surface area (Å²) in [7, 11) is 0. The number of fused-ring (bicyclic) bond motifs is 5. The zero-order valence-corrected chi connectivity index (χ0v) is 20.6. The van der Waals surface area contributed by atoms with Gasteiger partial charge in [0.1, 0.15) is 13.2 Å². The lowest BCUT2D eigenvalue weighted by Crippen LogP contribution is -2.66. The summed E-state index contributed by atoms with van der Waals surface area (Å²) in [6.07, 6.45) is 5.83. The van der Waals surface area contributed by atoms with Crippen LogP contribution in [0.4, 0.5) is 0 Å². The molecule has 0 bridgehead atoms. The van der Waals surface area contributed by atoms with Crippen LogP contribution in [-0.2, 0) is 45.2 Å². The van der Waals surface area contributed by atoms with Gasteiger partial charge in [0.2, 0.25) is 0 Å². The van der Waals surface area contributed by atoms with Crippen LogP contribution in [0.25, 0.3) is 0 Å². The zero-order valence-electron chi connectivity index (χ0n) is 20.6. The van der Waals surface area contributed by atoms with Crippen LogP contribution in [0, 0.1) is 22.7 Å². The molecule has 1 aromatic rings. The molecule has 6 atom stereocenters. The van der Waals surface area contributed by atoms with E-state index in [1.807, 2.05) is 6.92 Å². The highest BCUT2D eigenvalue weighted by atomic mass is 16.6. The van der Waals surface area contributed by atoms with Crippen LogP contribution in [0.1, 0.15) is 71.4 Å². The van der Waals surface area contributed by atoms with Crippen LogP contribution in [-0.4, -0.2) is 43.0 Å². The van der Waals surface area contributed by atoms with Crippen molar-refractivity contribution in [3.63, 3.8) is 0 Å². The van der Waals surface area contributed by atoms with E-state index < -0.39 is 34.3 Å². The summed E-state index contributed by atoms with van der Waals surface area (Å²) >= 11 is 0. The van der Waals surface area contributed by atoms with Gasteiger partial charge in [-0.1, -0.05) is 13.8 Å². The molecule has 0 aromatic carbocycles. The maximum atomic E-state index is 13.6. The molecule has 3 aliphatic carbocycles. The van der Waals surface area contributed by atoms with Gasteiger partial charge >= 0.3 is 17.9 Å². The summed E-state index contributed by atoms with van der Waals surface area (Å²) in [6, 6.07) is 0. The highest BCUT2D eigenvalue weighted by Crippen LogP contribution is 2.67. The number of esters is 3. The van der Waals surface area contributed by atoms with Gasteiger partial charge in [0.15, 0.2) is 11.9 Å². The lowest BCUT2D eigenvalue weighted by Gasteiger charge is -2.64. The highest BCUT2D eigenvalue weighted by Gasteiger charge is 2.67. The van der Waals surface area contributed by atoms with E-state index in [1.54, 1.807) is 12.5 Å². The van der Waals surface area contributed by atoms with Gasteiger partial charge in [0, 0.05) is 43.6 Å².